The maximum atomic E-state index is 12.4. The summed E-state index contributed by atoms with van der Waals surface area (Å²) in [7, 11) is 0. The molecule has 0 saturated heterocycles. The summed E-state index contributed by atoms with van der Waals surface area (Å²) in [6.45, 7) is 2.03. The van der Waals surface area contributed by atoms with Crippen molar-refractivity contribution in [1.29, 1.82) is 0 Å². The summed E-state index contributed by atoms with van der Waals surface area (Å²) in [6.07, 6.45) is 1.42. The molecule has 0 aliphatic rings. The average molecular weight is 380 g/mol. The lowest BCUT2D eigenvalue weighted by Gasteiger charge is -2.05. The van der Waals surface area contributed by atoms with Crippen LogP contribution in [0.4, 0.5) is 0 Å². The average Bonchev–Trinajstić information content (AvgIpc) is 3.31. The fourth-order valence-electron chi connectivity index (χ4n) is 2.91. The van der Waals surface area contributed by atoms with Gasteiger partial charge >= 0.3 is 11.9 Å². The number of benzene rings is 2. The summed E-state index contributed by atoms with van der Waals surface area (Å²) in [5.74, 6) is -0.717. The molecule has 136 valence electrons. The molecule has 0 unspecified atom stereocenters. The van der Waals surface area contributed by atoms with E-state index in [-0.39, 0.29) is 18.3 Å². The minimum Gasteiger partial charge on any atom is -0.465 e. The van der Waals surface area contributed by atoms with Gasteiger partial charge in [0.1, 0.15) is 6.54 Å². The minimum atomic E-state index is -0.492. The Morgan fingerprint density at radius 1 is 1.15 bits per heavy atom. The van der Waals surface area contributed by atoms with Gasteiger partial charge in [-0.2, -0.15) is 4.99 Å². The predicted octanol–water partition coefficient (Wildman–Crippen LogP) is 3.75. The van der Waals surface area contributed by atoms with Crippen LogP contribution in [0, 0.1) is 0 Å². The third-order valence-corrected chi connectivity index (χ3v) is 5.22. The molecule has 0 fully saturated rings. The van der Waals surface area contributed by atoms with Crippen LogP contribution in [0.25, 0.3) is 21.0 Å². The van der Waals surface area contributed by atoms with Crippen LogP contribution in [0.15, 0.2) is 64.2 Å². The van der Waals surface area contributed by atoms with Crippen molar-refractivity contribution in [3.63, 3.8) is 0 Å². The Balaban J connectivity index is 1.93. The fourth-order valence-corrected chi connectivity index (χ4v) is 4.08. The smallest absolute Gasteiger partial charge is 0.326 e. The van der Waals surface area contributed by atoms with E-state index in [0.717, 1.165) is 21.0 Å². The molecule has 0 aliphatic heterocycles. The van der Waals surface area contributed by atoms with E-state index in [1.54, 1.807) is 23.6 Å². The standard InChI is InChI=1S/C20H16N2O4S/c1-2-25-17(23)12-22-15-10-9-13-6-3-4-7-14(13)18(15)27-20(22)21-19(24)16-8-5-11-26-16/h3-11H,2,12H2,1H3. The highest BCUT2D eigenvalue weighted by atomic mass is 32.1. The number of amides is 1. The van der Waals surface area contributed by atoms with Gasteiger partial charge in [-0.25, -0.2) is 0 Å². The number of furan rings is 1. The Kier molecular flexibility index (Phi) is 4.60. The number of carbonyl (C=O) groups is 2. The zero-order valence-electron chi connectivity index (χ0n) is 14.5. The molecule has 2 aromatic heterocycles. The van der Waals surface area contributed by atoms with Gasteiger partial charge in [-0.3, -0.25) is 9.59 Å². The summed E-state index contributed by atoms with van der Waals surface area (Å²) in [5, 5.41) is 2.13. The lowest BCUT2D eigenvalue weighted by Crippen LogP contribution is -2.23. The molecule has 2 aromatic carbocycles. The van der Waals surface area contributed by atoms with Crippen molar-refractivity contribution in [2.75, 3.05) is 6.61 Å². The van der Waals surface area contributed by atoms with Crippen LogP contribution < -0.4 is 4.80 Å². The Morgan fingerprint density at radius 3 is 2.78 bits per heavy atom. The van der Waals surface area contributed by atoms with Crippen molar-refractivity contribution in [3.05, 3.63) is 65.4 Å². The first kappa shape index (κ1) is 17.2. The van der Waals surface area contributed by atoms with E-state index >= 15 is 0 Å². The molecule has 0 atom stereocenters. The Labute approximate surface area is 158 Å². The maximum Gasteiger partial charge on any atom is 0.326 e. The van der Waals surface area contributed by atoms with Crippen LogP contribution in [-0.4, -0.2) is 23.1 Å². The first-order valence-corrected chi connectivity index (χ1v) is 9.28. The Hall–Kier alpha value is -3.19. The maximum absolute atomic E-state index is 12.4. The molecular weight excluding hydrogens is 364 g/mol. The number of ether oxygens (including phenoxy) is 1. The molecule has 0 spiro atoms. The van der Waals surface area contributed by atoms with Crippen molar-refractivity contribution in [2.45, 2.75) is 13.5 Å². The minimum absolute atomic E-state index is 0.0174. The second-order valence-electron chi connectivity index (χ2n) is 5.81. The van der Waals surface area contributed by atoms with Gasteiger partial charge in [0.25, 0.3) is 0 Å². The fraction of sp³-hybridized carbons (Fsp3) is 0.150. The second-order valence-corrected chi connectivity index (χ2v) is 6.78. The molecule has 0 aliphatic carbocycles. The van der Waals surface area contributed by atoms with Gasteiger partial charge in [0.15, 0.2) is 10.6 Å². The highest BCUT2D eigenvalue weighted by molar-refractivity contribution is 7.17. The number of hydrogen-bond donors (Lipinski definition) is 0. The third kappa shape index (κ3) is 3.29. The van der Waals surface area contributed by atoms with Gasteiger partial charge in [0.05, 0.1) is 23.1 Å². The third-order valence-electron chi connectivity index (χ3n) is 4.10. The SMILES string of the molecule is CCOC(=O)Cn1c(=NC(=O)c2ccco2)sc2c3ccccc3ccc21. The summed E-state index contributed by atoms with van der Waals surface area (Å²) >= 11 is 1.37. The molecule has 1 amide bonds. The van der Waals surface area contributed by atoms with Gasteiger partial charge in [0.2, 0.25) is 0 Å². The molecule has 0 saturated carbocycles. The molecule has 6 nitrogen and oxygen atoms in total. The first-order valence-electron chi connectivity index (χ1n) is 8.46. The summed E-state index contributed by atoms with van der Waals surface area (Å²) in [6, 6.07) is 15.1. The monoisotopic (exact) mass is 380 g/mol. The Bertz CT molecular complexity index is 1200. The van der Waals surface area contributed by atoms with Crippen LogP contribution in [0.5, 0.6) is 0 Å². The normalized spacial score (nSPS) is 12.0. The summed E-state index contributed by atoms with van der Waals surface area (Å²) in [5.41, 5.74) is 0.831. The van der Waals surface area contributed by atoms with Gasteiger partial charge < -0.3 is 13.7 Å². The number of fused-ring (bicyclic) bond motifs is 3. The molecule has 27 heavy (non-hydrogen) atoms. The topological polar surface area (TPSA) is 73.8 Å². The molecule has 0 N–H and O–H groups in total. The van der Waals surface area contributed by atoms with E-state index in [1.165, 1.54) is 17.6 Å². The van der Waals surface area contributed by atoms with Crippen molar-refractivity contribution in [2.24, 2.45) is 4.99 Å². The highest BCUT2D eigenvalue weighted by Gasteiger charge is 2.15. The summed E-state index contributed by atoms with van der Waals surface area (Å²) in [4.78, 5) is 29.1. The molecule has 4 rings (SSSR count). The number of carbonyl (C=O) groups excluding carboxylic acids is 2. The first-order chi connectivity index (χ1) is 13.2. The zero-order chi connectivity index (χ0) is 18.8. The van der Waals surface area contributed by atoms with Crippen molar-refractivity contribution in [1.82, 2.24) is 4.57 Å². The van der Waals surface area contributed by atoms with Crippen LogP contribution in [-0.2, 0) is 16.1 Å². The number of nitrogens with zero attached hydrogens (tertiary/aromatic N) is 2. The molecule has 4 aromatic rings. The van der Waals surface area contributed by atoms with E-state index < -0.39 is 5.91 Å². The lowest BCUT2D eigenvalue weighted by atomic mass is 10.1. The number of aromatic nitrogens is 1. The van der Waals surface area contributed by atoms with Crippen molar-refractivity contribution < 1.29 is 18.7 Å². The van der Waals surface area contributed by atoms with Crippen molar-refractivity contribution >= 4 is 44.2 Å². The van der Waals surface area contributed by atoms with Crippen LogP contribution in [0.1, 0.15) is 17.5 Å². The quantitative estimate of drug-likeness (QED) is 0.505. The van der Waals surface area contributed by atoms with E-state index in [0.29, 0.717) is 11.4 Å². The number of thiazole rings is 1. The molecule has 7 heteroatoms. The van der Waals surface area contributed by atoms with E-state index in [4.69, 9.17) is 9.15 Å². The highest BCUT2D eigenvalue weighted by Crippen LogP contribution is 2.27. The van der Waals surface area contributed by atoms with E-state index in [2.05, 4.69) is 4.99 Å². The lowest BCUT2D eigenvalue weighted by molar-refractivity contribution is -0.143. The zero-order valence-corrected chi connectivity index (χ0v) is 15.4. The van der Waals surface area contributed by atoms with Crippen LogP contribution in [0.2, 0.25) is 0 Å². The van der Waals surface area contributed by atoms with Crippen molar-refractivity contribution in [3.8, 4) is 0 Å². The van der Waals surface area contributed by atoms with E-state index in [1.807, 2.05) is 36.4 Å². The summed E-state index contributed by atoms with van der Waals surface area (Å²) < 4.78 is 12.9. The largest absolute Gasteiger partial charge is 0.465 e. The molecular formula is C20H16N2O4S. The number of rotatable bonds is 4. The molecule has 0 bridgehead atoms. The molecule has 2 heterocycles. The molecule has 0 radical (unpaired) electrons. The van der Waals surface area contributed by atoms with Crippen LogP contribution >= 0.6 is 11.3 Å². The predicted molar refractivity (Wildman–Crippen MR) is 103 cm³/mol. The van der Waals surface area contributed by atoms with Gasteiger partial charge in [-0.05, 0) is 30.5 Å². The number of esters is 1. The van der Waals surface area contributed by atoms with Crippen LogP contribution in [0.3, 0.4) is 0 Å². The second kappa shape index (κ2) is 7.20. The van der Waals surface area contributed by atoms with Gasteiger partial charge in [-0.15, -0.1) is 0 Å². The Morgan fingerprint density at radius 2 is 2.00 bits per heavy atom. The van der Waals surface area contributed by atoms with E-state index in [9.17, 15) is 9.59 Å². The van der Waals surface area contributed by atoms with Gasteiger partial charge in [0, 0.05) is 5.39 Å². The number of hydrogen-bond acceptors (Lipinski definition) is 5. The van der Waals surface area contributed by atoms with Gasteiger partial charge in [-0.1, -0.05) is 41.7 Å².